The molecule has 0 unspecified atom stereocenters. The van der Waals surface area contributed by atoms with Crippen LogP contribution in [0.3, 0.4) is 0 Å². The van der Waals surface area contributed by atoms with Gasteiger partial charge in [-0.15, -0.1) is 0 Å². The van der Waals surface area contributed by atoms with Crippen molar-refractivity contribution in [2.75, 3.05) is 10.6 Å². The van der Waals surface area contributed by atoms with Crippen LogP contribution in [-0.4, -0.2) is 15.9 Å². The predicted octanol–water partition coefficient (Wildman–Crippen LogP) is 4.54. The lowest BCUT2D eigenvalue weighted by Crippen LogP contribution is -2.16. The Morgan fingerprint density at radius 3 is 2.54 bits per heavy atom. The van der Waals surface area contributed by atoms with E-state index in [1.54, 1.807) is 25.1 Å². The minimum Gasteiger partial charge on any atom is -0.324 e. The maximum Gasteiger partial charge on any atom is 0.274 e. The number of aryl methyl sites for hydroxylation is 2. The van der Waals surface area contributed by atoms with Crippen molar-refractivity contribution < 1.29 is 9.18 Å². The molecule has 132 valence electrons. The van der Waals surface area contributed by atoms with E-state index in [4.69, 9.17) is 0 Å². The Bertz CT molecular complexity index is 972. The summed E-state index contributed by atoms with van der Waals surface area (Å²) in [4.78, 5) is 21.1. The molecule has 1 aromatic heterocycles. The van der Waals surface area contributed by atoms with Gasteiger partial charge in [0.05, 0.1) is 0 Å². The van der Waals surface area contributed by atoms with Crippen LogP contribution in [0.2, 0.25) is 0 Å². The SMILES string of the molecule is Cc1cc(C(=O)Nc2cccc(C)c2C)nc(Nc2cccc(F)c2)n1. The molecular formula is C20H19FN4O. The third-order valence-electron chi connectivity index (χ3n) is 4.02. The molecule has 6 heteroatoms. The number of hydrogen-bond acceptors (Lipinski definition) is 4. The van der Waals surface area contributed by atoms with Gasteiger partial charge < -0.3 is 10.6 Å². The van der Waals surface area contributed by atoms with Gasteiger partial charge in [-0.25, -0.2) is 14.4 Å². The van der Waals surface area contributed by atoms with Crippen molar-refractivity contribution in [1.82, 2.24) is 9.97 Å². The third-order valence-corrected chi connectivity index (χ3v) is 4.02. The zero-order valence-electron chi connectivity index (χ0n) is 14.8. The molecular weight excluding hydrogens is 331 g/mol. The highest BCUT2D eigenvalue weighted by molar-refractivity contribution is 6.03. The van der Waals surface area contributed by atoms with Crippen LogP contribution in [0.25, 0.3) is 0 Å². The Morgan fingerprint density at radius 2 is 1.77 bits per heavy atom. The minimum atomic E-state index is -0.365. The van der Waals surface area contributed by atoms with Crippen molar-refractivity contribution in [2.24, 2.45) is 0 Å². The number of halogens is 1. The van der Waals surface area contributed by atoms with E-state index < -0.39 is 0 Å². The molecule has 2 N–H and O–H groups in total. The lowest BCUT2D eigenvalue weighted by molar-refractivity contribution is 0.102. The first kappa shape index (κ1) is 17.5. The van der Waals surface area contributed by atoms with Crippen LogP contribution in [0.1, 0.15) is 27.3 Å². The van der Waals surface area contributed by atoms with Crippen molar-refractivity contribution in [1.29, 1.82) is 0 Å². The van der Waals surface area contributed by atoms with E-state index in [1.807, 2.05) is 32.0 Å². The van der Waals surface area contributed by atoms with Crippen LogP contribution in [0.15, 0.2) is 48.5 Å². The number of nitrogens with one attached hydrogen (secondary N) is 2. The zero-order chi connectivity index (χ0) is 18.7. The fourth-order valence-corrected chi connectivity index (χ4v) is 2.51. The number of carbonyl (C=O) groups is 1. The van der Waals surface area contributed by atoms with Gasteiger partial charge >= 0.3 is 0 Å². The van der Waals surface area contributed by atoms with Crippen LogP contribution in [0.4, 0.5) is 21.7 Å². The number of rotatable bonds is 4. The van der Waals surface area contributed by atoms with Gasteiger partial charge in [-0.1, -0.05) is 18.2 Å². The quantitative estimate of drug-likeness (QED) is 0.725. The summed E-state index contributed by atoms with van der Waals surface area (Å²) in [6.07, 6.45) is 0. The molecule has 5 nitrogen and oxygen atoms in total. The summed E-state index contributed by atoms with van der Waals surface area (Å²) >= 11 is 0. The average Bonchev–Trinajstić information content (AvgIpc) is 2.58. The summed E-state index contributed by atoms with van der Waals surface area (Å²) in [7, 11) is 0. The van der Waals surface area contributed by atoms with E-state index in [-0.39, 0.29) is 23.4 Å². The van der Waals surface area contributed by atoms with E-state index in [2.05, 4.69) is 20.6 Å². The first-order chi connectivity index (χ1) is 12.4. The lowest BCUT2D eigenvalue weighted by atomic mass is 10.1. The Balaban J connectivity index is 1.84. The summed E-state index contributed by atoms with van der Waals surface area (Å²) in [5.74, 6) is -0.455. The van der Waals surface area contributed by atoms with Crippen LogP contribution >= 0.6 is 0 Å². The maximum atomic E-state index is 13.3. The van der Waals surface area contributed by atoms with E-state index in [0.717, 1.165) is 16.8 Å². The molecule has 3 aromatic rings. The molecule has 0 atom stereocenters. The highest BCUT2D eigenvalue weighted by Gasteiger charge is 2.13. The Morgan fingerprint density at radius 1 is 1.00 bits per heavy atom. The van der Waals surface area contributed by atoms with Crippen molar-refractivity contribution >= 4 is 23.2 Å². The third kappa shape index (κ3) is 4.03. The largest absolute Gasteiger partial charge is 0.324 e. The topological polar surface area (TPSA) is 66.9 Å². The molecule has 1 heterocycles. The smallest absolute Gasteiger partial charge is 0.274 e. The van der Waals surface area contributed by atoms with Crippen molar-refractivity contribution in [3.05, 3.63) is 76.9 Å². The van der Waals surface area contributed by atoms with Gasteiger partial charge in [0.25, 0.3) is 5.91 Å². The summed E-state index contributed by atoms with van der Waals surface area (Å²) in [5.41, 5.74) is 4.21. The molecule has 0 aliphatic rings. The molecule has 3 rings (SSSR count). The van der Waals surface area contributed by atoms with Crippen molar-refractivity contribution in [2.45, 2.75) is 20.8 Å². The first-order valence-electron chi connectivity index (χ1n) is 8.18. The lowest BCUT2D eigenvalue weighted by Gasteiger charge is -2.11. The second-order valence-corrected chi connectivity index (χ2v) is 6.06. The van der Waals surface area contributed by atoms with E-state index in [0.29, 0.717) is 11.4 Å². The fraction of sp³-hybridized carbons (Fsp3) is 0.150. The number of carbonyl (C=O) groups excluding carboxylic acids is 1. The van der Waals surface area contributed by atoms with Crippen LogP contribution in [0.5, 0.6) is 0 Å². The van der Waals surface area contributed by atoms with Gasteiger partial charge in [0, 0.05) is 17.1 Å². The van der Waals surface area contributed by atoms with Crippen molar-refractivity contribution in [3.63, 3.8) is 0 Å². The normalized spacial score (nSPS) is 10.5. The summed E-state index contributed by atoms with van der Waals surface area (Å²) in [5, 5.41) is 5.80. The number of benzene rings is 2. The first-order valence-corrected chi connectivity index (χ1v) is 8.18. The molecule has 0 spiro atoms. The number of aromatic nitrogens is 2. The second kappa shape index (κ2) is 7.31. The number of anilines is 3. The average molecular weight is 350 g/mol. The monoisotopic (exact) mass is 350 g/mol. The van der Waals surface area contributed by atoms with Gasteiger partial charge in [-0.2, -0.15) is 0 Å². The molecule has 0 saturated heterocycles. The molecule has 2 aromatic carbocycles. The Kier molecular flexibility index (Phi) is 4.93. The van der Waals surface area contributed by atoms with Gasteiger partial charge in [0.1, 0.15) is 11.5 Å². The fourth-order valence-electron chi connectivity index (χ4n) is 2.51. The molecule has 0 saturated carbocycles. The van der Waals surface area contributed by atoms with Crippen LogP contribution < -0.4 is 10.6 Å². The van der Waals surface area contributed by atoms with E-state index in [9.17, 15) is 9.18 Å². The molecule has 1 amide bonds. The molecule has 0 bridgehead atoms. The summed E-state index contributed by atoms with van der Waals surface area (Å²) in [6, 6.07) is 13.3. The standard InChI is InChI=1S/C20H19FN4O/c1-12-6-4-9-17(14(12)3)24-19(26)18-10-13(2)22-20(25-18)23-16-8-5-7-15(21)11-16/h4-11H,1-3H3,(H,24,26)(H,22,23,25). The van der Waals surface area contributed by atoms with Gasteiger partial charge in [-0.3, -0.25) is 4.79 Å². The van der Waals surface area contributed by atoms with E-state index >= 15 is 0 Å². The van der Waals surface area contributed by atoms with Crippen molar-refractivity contribution in [3.8, 4) is 0 Å². The summed E-state index contributed by atoms with van der Waals surface area (Å²) < 4.78 is 13.3. The number of nitrogens with zero attached hydrogens (tertiary/aromatic N) is 2. The number of hydrogen-bond donors (Lipinski definition) is 2. The Labute approximate surface area is 151 Å². The maximum absolute atomic E-state index is 13.3. The molecule has 0 aliphatic heterocycles. The van der Waals surface area contributed by atoms with Crippen LogP contribution in [-0.2, 0) is 0 Å². The minimum absolute atomic E-state index is 0.234. The second-order valence-electron chi connectivity index (χ2n) is 6.06. The van der Waals surface area contributed by atoms with Gasteiger partial charge in [-0.05, 0) is 62.2 Å². The number of amides is 1. The van der Waals surface area contributed by atoms with Gasteiger partial charge in [0.2, 0.25) is 5.95 Å². The highest BCUT2D eigenvalue weighted by atomic mass is 19.1. The molecule has 0 fully saturated rings. The molecule has 26 heavy (non-hydrogen) atoms. The Hall–Kier alpha value is -3.28. The highest BCUT2D eigenvalue weighted by Crippen LogP contribution is 2.19. The summed E-state index contributed by atoms with van der Waals surface area (Å²) in [6.45, 7) is 5.71. The van der Waals surface area contributed by atoms with Crippen LogP contribution in [0, 0.1) is 26.6 Å². The zero-order valence-corrected chi connectivity index (χ0v) is 14.8. The predicted molar refractivity (Wildman–Crippen MR) is 100 cm³/mol. The van der Waals surface area contributed by atoms with E-state index in [1.165, 1.54) is 12.1 Å². The molecule has 0 aliphatic carbocycles. The van der Waals surface area contributed by atoms with Gasteiger partial charge in [0.15, 0.2) is 0 Å². The molecule has 0 radical (unpaired) electrons.